The molecular formula is C23H19ClN2O5. The van der Waals surface area contributed by atoms with Gasteiger partial charge in [-0.1, -0.05) is 49.2 Å². The Labute approximate surface area is 183 Å². The Kier molecular flexibility index (Phi) is 5.77. The van der Waals surface area contributed by atoms with E-state index in [-0.39, 0.29) is 34.4 Å². The predicted molar refractivity (Wildman–Crippen MR) is 118 cm³/mol. The Bertz CT molecular complexity index is 1160. The molecule has 3 aromatic rings. The second-order valence-corrected chi connectivity index (χ2v) is 7.39. The van der Waals surface area contributed by atoms with Gasteiger partial charge >= 0.3 is 0 Å². The second kappa shape index (κ2) is 8.65. The van der Waals surface area contributed by atoms with Crippen LogP contribution in [0, 0.1) is 10.1 Å². The Balaban J connectivity index is 1.91. The average molecular weight is 439 g/mol. The Morgan fingerprint density at radius 2 is 1.81 bits per heavy atom. The van der Waals surface area contributed by atoms with Crippen molar-refractivity contribution in [3.05, 3.63) is 81.4 Å². The van der Waals surface area contributed by atoms with Crippen molar-refractivity contribution < 1.29 is 19.2 Å². The van der Waals surface area contributed by atoms with E-state index in [1.807, 2.05) is 13.0 Å². The molecule has 1 amide bonds. The van der Waals surface area contributed by atoms with E-state index in [1.54, 1.807) is 47.4 Å². The fourth-order valence-electron chi connectivity index (χ4n) is 3.37. The molecule has 0 unspecified atom stereocenters. The smallest absolute Gasteiger partial charge is 0.276 e. The number of rotatable bonds is 6. The van der Waals surface area contributed by atoms with Gasteiger partial charge in [0.05, 0.1) is 27.8 Å². The third-order valence-electron chi connectivity index (χ3n) is 4.89. The van der Waals surface area contributed by atoms with Crippen molar-refractivity contribution >= 4 is 28.9 Å². The lowest BCUT2D eigenvalue weighted by Gasteiger charge is -2.22. The standard InChI is InChI=1S/C23H19ClN2O5/c1-2-3-12-25-17-9-5-7-11-19(17)31-21-14-15(26(28)29)13-20(22(21)23(25)27)30-18-10-6-4-8-16(18)24/h4-11,13-14H,2-3,12H2,1H3. The molecule has 0 aliphatic carbocycles. The molecule has 0 atom stereocenters. The van der Waals surface area contributed by atoms with Crippen LogP contribution in [-0.4, -0.2) is 17.4 Å². The number of fused-ring (bicyclic) bond motifs is 2. The number of hydrogen-bond acceptors (Lipinski definition) is 5. The highest BCUT2D eigenvalue weighted by molar-refractivity contribution is 6.32. The normalized spacial score (nSPS) is 12.5. The first-order chi connectivity index (χ1) is 15.0. The summed E-state index contributed by atoms with van der Waals surface area (Å²) in [5, 5.41) is 11.9. The minimum Gasteiger partial charge on any atom is -0.455 e. The maximum Gasteiger partial charge on any atom is 0.276 e. The number of benzene rings is 3. The maximum absolute atomic E-state index is 13.6. The SMILES string of the molecule is CCCCN1C(=O)c2c(Oc3ccccc3Cl)cc([N+](=O)[O-])cc2Oc2ccccc21. The van der Waals surface area contributed by atoms with Crippen LogP contribution >= 0.6 is 11.6 Å². The lowest BCUT2D eigenvalue weighted by Crippen LogP contribution is -2.31. The van der Waals surface area contributed by atoms with E-state index in [2.05, 4.69) is 0 Å². The maximum atomic E-state index is 13.6. The number of hydrogen-bond donors (Lipinski definition) is 0. The molecule has 0 spiro atoms. The van der Waals surface area contributed by atoms with E-state index in [9.17, 15) is 14.9 Å². The van der Waals surface area contributed by atoms with Gasteiger partial charge in [-0.15, -0.1) is 0 Å². The number of anilines is 1. The van der Waals surface area contributed by atoms with E-state index in [1.165, 1.54) is 12.1 Å². The fraction of sp³-hybridized carbons (Fsp3) is 0.174. The molecule has 1 aliphatic rings. The van der Waals surface area contributed by atoms with Gasteiger partial charge in [0.25, 0.3) is 11.6 Å². The number of unbranched alkanes of at least 4 members (excludes halogenated alkanes) is 1. The topological polar surface area (TPSA) is 81.9 Å². The summed E-state index contributed by atoms with van der Waals surface area (Å²) < 4.78 is 11.9. The first-order valence-electron chi connectivity index (χ1n) is 9.83. The molecule has 8 heteroatoms. The summed E-state index contributed by atoms with van der Waals surface area (Å²) in [6, 6.07) is 16.3. The van der Waals surface area contributed by atoms with Crippen LogP contribution in [0.1, 0.15) is 30.1 Å². The van der Waals surface area contributed by atoms with Crippen LogP contribution in [0.5, 0.6) is 23.0 Å². The molecule has 0 saturated carbocycles. The summed E-state index contributed by atoms with van der Waals surface area (Å²) in [5.74, 6) is 0.436. The number of amides is 1. The van der Waals surface area contributed by atoms with Gasteiger partial charge < -0.3 is 14.4 Å². The molecule has 4 rings (SSSR count). The van der Waals surface area contributed by atoms with Crippen molar-refractivity contribution in [1.29, 1.82) is 0 Å². The highest BCUT2D eigenvalue weighted by Crippen LogP contribution is 2.45. The predicted octanol–water partition coefficient (Wildman–Crippen LogP) is 6.59. The molecule has 3 aromatic carbocycles. The lowest BCUT2D eigenvalue weighted by molar-refractivity contribution is -0.385. The molecule has 0 saturated heterocycles. The van der Waals surface area contributed by atoms with Crippen molar-refractivity contribution in [1.82, 2.24) is 0 Å². The van der Waals surface area contributed by atoms with Crippen LogP contribution in [0.2, 0.25) is 5.02 Å². The number of carbonyl (C=O) groups excluding carboxylic acids is 1. The molecule has 0 radical (unpaired) electrons. The van der Waals surface area contributed by atoms with E-state index < -0.39 is 4.92 Å². The zero-order valence-electron chi connectivity index (χ0n) is 16.7. The third kappa shape index (κ3) is 4.04. The molecule has 1 heterocycles. The van der Waals surface area contributed by atoms with Crippen LogP contribution in [0.4, 0.5) is 11.4 Å². The summed E-state index contributed by atoms with van der Waals surface area (Å²) >= 11 is 6.21. The third-order valence-corrected chi connectivity index (χ3v) is 5.20. The molecule has 0 N–H and O–H groups in total. The number of carbonyl (C=O) groups is 1. The first-order valence-corrected chi connectivity index (χ1v) is 10.2. The summed E-state index contributed by atoms with van der Waals surface area (Å²) in [7, 11) is 0. The molecule has 0 fully saturated rings. The summed E-state index contributed by atoms with van der Waals surface area (Å²) in [6.45, 7) is 2.51. The molecule has 0 bridgehead atoms. The Morgan fingerprint density at radius 1 is 1.06 bits per heavy atom. The van der Waals surface area contributed by atoms with E-state index in [4.69, 9.17) is 21.1 Å². The number of nitro benzene ring substituents is 1. The number of ether oxygens (including phenoxy) is 2. The molecule has 1 aliphatic heterocycles. The summed E-state index contributed by atoms with van der Waals surface area (Å²) in [4.78, 5) is 26.3. The van der Waals surface area contributed by atoms with Gasteiger partial charge in [-0.05, 0) is 30.7 Å². The van der Waals surface area contributed by atoms with Gasteiger partial charge in [-0.25, -0.2) is 0 Å². The fourth-order valence-corrected chi connectivity index (χ4v) is 3.54. The zero-order chi connectivity index (χ0) is 22.0. The van der Waals surface area contributed by atoms with Gasteiger partial charge in [0.1, 0.15) is 11.3 Å². The monoisotopic (exact) mass is 438 g/mol. The van der Waals surface area contributed by atoms with Crippen molar-refractivity contribution in [2.45, 2.75) is 19.8 Å². The molecular weight excluding hydrogens is 420 g/mol. The van der Waals surface area contributed by atoms with E-state index in [0.29, 0.717) is 23.0 Å². The van der Waals surface area contributed by atoms with Gasteiger partial charge in [0.2, 0.25) is 0 Å². The summed E-state index contributed by atoms with van der Waals surface area (Å²) in [5.41, 5.74) is 0.453. The van der Waals surface area contributed by atoms with Crippen molar-refractivity contribution in [3.63, 3.8) is 0 Å². The van der Waals surface area contributed by atoms with E-state index in [0.717, 1.165) is 12.8 Å². The average Bonchev–Trinajstić information content (AvgIpc) is 2.87. The van der Waals surface area contributed by atoms with Gasteiger partial charge in [0, 0.05) is 6.54 Å². The summed E-state index contributed by atoms with van der Waals surface area (Å²) in [6.07, 6.45) is 1.67. The van der Waals surface area contributed by atoms with Crippen LogP contribution in [0.3, 0.4) is 0 Å². The number of para-hydroxylation sites is 3. The van der Waals surface area contributed by atoms with Gasteiger partial charge in [-0.3, -0.25) is 14.9 Å². The lowest BCUT2D eigenvalue weighted by atomic mass is 10.1. The number of non-ortho nitro benzene ring substituents is 1. The van der Waals surface area contributed by atoms with Gasteiger partial charge in [0.15, 0.2) is 17.2 Å². The Morgan fingerprint density at radius 3 is 2.55 bits per heavy atom. The number of nitro groups is 1. The number of halogens is 1. The van der Waals surface area contributed by atoms with Crippen molar-refractivity contribution in [3.8, 4) is 23.0 Å². The first kappa shape index (κ1) is 20.7. The minimum atomic E-state index is -0.556. The molecule has 7 nitrogen and oxygen atoms in total. The molecule has 31 heavy (non-hydrogen) atoms. The molecule has 0 aromatic heterocycles. The van der Waals surface area contributed by atoms with Crippen molar-refractivity contribution in [2.75, 3.05) is 11.4 Å². The van der Waals surface area contributed by atoms with Crippen LogP contribution in [-0.2, 0) is 0 Å². The zero-order valence-corrected chi connectivity index (χ0v) is 17.5. The minimum absolute atomic E-state index is 0.0107. The molecule has 158 valence electrons. The van der Waals surface area contributed by atoms with Crippen LogP contribution in [0.15, 0.2) is 60.7 Å². The van der Waals surface area contributed by atoms with Gasteiger partial charge in [-0.2, -0.15) is 0 Å². The van der Waals surface area contributed by atoms with E-state index >= 15 is 0 Å². The second-order valence-electron chi connectivity index (χ2n) is 6.99. The van der Waals surface area contributed by atoms with Crippen LogP contribution in [0.25, 0.3) is 0 Å². The van der Waals surface area contributed by atoms with Crippen molar-refractivity contribution in [2.24, 2.45) is 0 Å². The highest BCUT2D eigenvalue weighted by atomic mass is 35.5. The highest BCUT2D eigenvalue weighted by Gasteiger charge is 2.33. The van der Waals surface area contributed by atoms with Crippen LogP contribution < -0.4 is 14.4 Å². The quantitative estimate of drug-likeness (QED) is 0.320. The number of nitrogens with zero attached hydrogens (tertiary/aromatic N) is 2. The Hall–Kier alpha value is -3.58. The largest absolute Gasteiger partial charge is 0.455 e.